The van der Waals surface area contributed by atoms with Crippen molar-refractivity contribution in [3.8, 4) is 5.69 Å². The molecule has 1 aromatic heterocycles. The van der Waals surface area contributed by atoms with E-state index < -0.39 is 0 Å². The van der Waals surface area contributed by atoms with Crippen molar-refractivity contribution >= 4 is 5.95 Å². The van der Waals surface area contributed by atoms with Crippen LogP contribution in [0.15, 0.2) is 30.3 Å². The molecule has 76 valence electrons. The van der Waals surface area contributed by atoms with Crippen LogP contribution in [-0.2, 0) is 0 Å². The molecule has 1 aliphatic rings. The average Bonchev–Trinajstić information content (AvgIpc) is 2.96. The van der Waals surface area contributed by atoms with Crippen molar-refractivity contribution in [3.63, 3.8) is 0 Å². The van der Waals surface area contributed by atoms with Crippen LogP contribution in [0.3, 0.4) is 0 Å². The van der Waals surface area contributed by atoms with E-state index in [-0.39, 0.29) is 0 Å². The van der Waals surface area contributed by atoms with E-state index in [1.54, 1.807) is 4.68 Å². The van der Waals surface area contributed by atoms with Gasteiger partial charge in [0.05, 0.1) is 5.69 Å². The number of nitrogens with one attached hydrogen (secondary N) is 1. The lowest BCUT2D eigenvalue weighted by Gasteiger charge is -2.04. The van der Waals surface area contributed by atoms with Gasteiger partial charge in [0.1, 0.15) is 0 Å². The predicted molar refractivity (Wildman–Crippen MR) is 55.8 cm³/mol. The number of benzene rings is 1. The number of rotatable bonds is 3. The molecule has 3 rings (SSSR count). The zero-order valence-electron chi connectivity index (χ0n) is 8.17. The summed E-state index contributed by atoms with van der Waals surface area (Å²) in [7, 11) is 0. The first kappa shape index (κ1) is 8.40. The summed E-state index contributed by atoms with van der Waals surface area (Å²) in [5.74, 6) is 0.726. The summed E-state index contributed by atoms with van der Waals surface area (Å²) in [5.41, 5.74) is 0.977. The minimum absolute atomic E-state index is 0.554. The summed E-state index contributed by atoms with van der Waals surface area (Å²) < 4.78 is 1.72. The Labute approximate surface area is 87.1 Å². The fourth-order valence-corrected chi connectivity index (χ4v) is 1.43. The molecule has 5 nitrogen and oxygen atoms in total. The zero-order chi connectivity index (χ0) is 10.1. The lowest BCUT2D eigenvalue weighted by Crippen LogP contribution is -2.08. The van der Waals surface area contributed by atoms with Crippen molar-refractivity contribution in [2.75, 3.05) is 5.32 Å². The standard InChI is InChI=1S/C10H11N5/c1-2-4-9(5-3-1)15-10(12-13-14-15)11-8-6-7-8/h1-5,8H,6-7H2,(H,11,12,14). The van der Waals surface area contributed by atoms with E-state index in [1.807, 2.05) is 30.3 Å². The Hall–Kier alpha value is -1.91. The van der Waals surface area contributed by atoms with Gasteiger partial charge in [-0.1, -0.05) is 23.3 Å². The molecular weight excluding hydrogens is 190 g/mol. The Kier molecular flexibility index (Phi) is 1.87. The van der Waals surface area contributed by atoms with Gasteiger partial charge >= 0.3 is 0 Å². The summed E-state index contributed by atoms with van der Waals surface area (Å²) in [6.45, 7) is 0. The van der Waals surface area contributed by atoms with Crippen LogP contribution >= 0.6 is 0 Å². The van der Waals surface area contributed by atoms with Crippen LogP contribution in [0.1, 0.15) is 12.8 Å². The summed E-state index contributed by atoms with van der Waals surface area (Å²) in [5, 5.41) is 14.9. The number of aromatic nitrogens is 4. The molecule has 1 fully saturated rings. The van der Waals surface area contributed by atoms with Crippen molar-refractivity contribution in [3.05, 3.63) is 30.3 Å². The van der Waals surface area contributed by atoms with Gasteiger partial charge < -0.3 is 5.32 Å². The molecule has 0 radical (unpaired) electrons. The molecule has 0 spiro atoms. The molecule has 15 heavy (non-hydrogen) atoms. The highest BCUT2D eigenvalue weighted by molar-refractivity contribution is 5.39. The van der Waals surface area contributed by atoms with Crippen molar-refractivity contribution in [2.24, 2.45) is 0 Å². The van der Waals surface area contributed by atoms with Gasteiger partial charge in [0.25, 0.3) is 0 Å². The van der Waals surface area contributed by atoms with E-state index in [1.165, 1.54) is 12.8 Å². The van der Waals surface area contributed by atoms with Crippen molar-refractivity contribution in [2.45, 2.75) is 18.9 Å². The molecule has 5 heteroatoms. The third-order valence-electron chi connectivity index (χ3n) is 2.38. The number of hydrogen-bond donors (Lipinski definition) is 1. The lowest BCUT2D eigenvalue weighted by molar-refractivity contribution is 0.789. The molecular formula is C10H11N5. The van der Waals surface area contributed by atoms with Crippen LogP contribution in [0, 0.1) is 0 Å². The molecule has 0 bridgehead atoms. The Morgan fingerprint density at radius 1 is 1.20 bits per heavy atom. The van der Waals surface area contributed by atoms with Crippen LogP contribution < -0.4 is 5.32 Å². The number of anilines is 1. The van der Waals surface area contributed by atoms with Crippen LogP contribution in [-0.4, -0.2) is 26.2 Å². The van der Waals surface area contributed by atoms with Crippen LogP contribution in [0.4, 0.5) is 5.95 Å². The van der Waals surface area contributed by atoms with Gasteiger partial charge in [-0.15, -0.1) is 0 Å². The maximum atomic E-state index is 3.96. The van der Waals surface area contributed by atoms with Gasteiger partial charge in [0.15, 0.2) is 0 Å². The Balaban J connectivity index is 1.93. The van der Waals surface area contributed by atoms with Gasteiger partial charge in [-0.3, -0.25) is 0 Å². The molecule has 0 unspecified atom stereocenters. The Bertz CT molecular complexity index is 446. The van der Waals surface area contributed by atoms with Gasteiger partial charge in [0, 0.05) is 6.04 Å². The summed E-state index contributed by atoms with van der Waals surface area (Å²) in [4.78, 5) is 0. The Morgan fingerprint density at radius 3 is 2.73 bits per heavy atom. The quantitative estimate of drug-likeness (QED) is 0.811. The number of hydrogen-bond acceptors (Lipinski definition) is 4. The fourth-order valence-electron chi connectivity index (χ4n) is 1.43. The van der Waals surface area contributed by atoms with Gasteiger partial charge in [-0.2, -0.15) is 4.68 Å². The van der Waals surface area contributed by atoms with E-state index in [2.05, 4.69) is 20.8 Å². The molecule has 1 heterocycles. The molecule has 1 aromatic carbocycles. The second kappa shape index (κ2) is 3.34. The normalized spacial score (nSPS) is 15.2. The minimum atomic E-state index is 0.554. The Morgan fingerprint density at radius 2 is 2.00 bits per heavy atom. The fraction of sp³-hybridized carbons (Fsp3) is 0.300. The second-order valence-electron chi connectivity index (χ2n) is 3.67. The van der Waals surface area contributed by atoms with Gasteiger partial charge in [0.2, 0.25) is 5.95 Å². The first-order valence-electron chi connectivity index (χ1n) is 5.04. The van der Waals surface area contributed by atoms with E-state index in [9.17, 15) is 0 Å². The van der Waals surface area contributed by atoms with Crippen molar-refractivity contribution < 1.29 is 0 Å². The highest BCUT2D eigenvalue weighted by Crippen LogP contribution is 2.24. The molecule has 0 atom stereocenters. The lowest BCUT2D eigenvalue weighted by atomic mass is 10.3. The molecule has 1 aliphatic carbocycles. The van der Waals surface area contributed by atoms with E-state index in [0.29, 0.717) is 6.04 Å². The molecule has 2 aromatic rings. The highest BCUT2D eigenvalue weighted by Gasteiger charge is 2.23. The average molecular weight is 201 g/mol. The number of para-hydroxylation sites is 1. The predicted octanol–water partition coefficient (Wildman–Crippen LogP) is 1.24. The molecule has 0 aliphatic heterocycles. The largest absolute Gasteiger partial charge is 0.350 e. The molecule has 0 amide bonds. The number of nitrogens with zero attached hydrogens (tertiary/aromatic N) is 4. The smallest absolute Gasteiger partial charge is 0.247 e. The third kappa shape index (κ3) is 1.68. The summed E-state index contributed by atoms with van der Waals surface area (Å²) in [6.07, 6.45) is 2.42. The first-order chi connectivity index (χ1) is 7.43. The molecule has 1 N–H and O–H groups in total. The first-order valence-corrected chi connectivity index (χ1v) is 5.04. The van der Waals surface area contributed by atoms with Crippen LogP contribution in [0.25, 0.3) is 5.69 Å². The minimum Gasteiger partial charge on any atom is -0.350 e. The molecule has 0 saturated heterocycles. The van der Waals surface area contributed by atoms with E-state index in [0.717, 1.165) is 11.6 Å². The zero-order valence-corrected chi connectivity index (χ0v) is 8.17. The van der Waals surface area contributed by atoms with Crippen molar-refractivity contribution in [1.29, 1.82) is 0 Å². The van der Waals surface area contributed by atoms with Crippen LogP contribution in [0.2, 0.25) is 0 Å². The summed E-state index contributed by atoms with van der Waals surface area (Å²) in [6, 6.07) is 10.4. The van der Waals surface area contributed by atoms with Gasteiger partial charge in [-0.25, -0.2) is 0 Å². The monoisotopic (exact) mass is 201 g/mol. The highest BCUT2D eigenvalue weighted by atomic mass is 15.6. The summed E-state index contributed by atoms with van der Waals surface area (Å²) >= 11 is 0. The van der Waals surface area contributed by atoms with Gasteiger partial charge in [-0.05, 0) is 35.4 Å². The maximum Gasteiger partial charge on any atom is 0.247 e. The SMILES string of the molecule is c1ccc(-n2nnnc2NC2CC2)cc1. The third-order valence-corrected chi connectivity index (χ3v) is 2.38. The number of tetrazole rings is 1. The molecule has 1 saturated carbocycles. The second-order valence-corrected chi connectivity index (χ2v) is 3.67. The topological polar surface area (TPSA) is 55.6 Å². The van der Waals surface area contributed by atoms with Crippen molar-refractivity contribution in [1.82, 2.24) is 20.2 Å². The maximum absolute atomic E-state index is 3.96. The van der Waals surface area contributed by atoms with Crippen LogP contribution in [0.5, 0.6) is 0 Å². The van der Waals surface area contributed by atoms with E-state index in [4.69, 9.17) is 0 Å². The van der Waals surface area contributed by atoms with E-state index >= 15 is 0 Å².